The van der Waals surface area contributed by atoms with E-state index in [0.29, 0.717) is 25.9 Å². The molecule has 0 aromatic heterocycles. The normalized spacial score (nSPS) is 18.8. The first kappa shape index (κ1) is 17.7. The molecule has 1 aliphatic heterocycles. The van der Waals surface area contributed by atoms with Gasteiger partial charge in [-0.1, -0.05) is 19.0 Å². The first-order chi connectivity index (χ1) is 9.72. The van der Waals surface area contributed by atoms with Gasteiger partial charge in [0, 0.05) is 26.2 Å². The maximum absolute atomic E-state index is 12.7. The summed E-state index contributed by atoms with van der Waals surface area (Å²) in [6, 6.07) is 0. The van der Waals surface area contributed by atoms with E-state index in [0.717, 1.165) is 6.26 Å². The molecule has 1 heterocycles. The monoisotopic (exact) mass is 320 g/mol. The molecule has 0 spiro atoms. The summed E-state index contributed by atoms with van der Waals surface area (Å²) in [6.45, 7) is 4.78. The highest BCUT2D eigenvalue weighted by atomic mass is 32.2. The standard InChI is InChI=1S/C12H24N4O4S/c1-4-12(5-2,10(13)14-18)11(17)15-6-8-16(9-7-15)21(3,19)20/h18H,4-9H2,1-3H3,(H2,13,14). The summed E-state index contributed by atoms with van der Waals surface area (Å²) in [5.41, 5.74) is 4.70. The summed E-state index contributed by atoms with van der Waals surface area (Å²) in [5, 5.41) is 11.9. The quantitative estimate of drug-likeness (QED) is 0.311. The van der Waals surface area contributed by atoms with Crippen molar-refractivity contribution in [1.29, 1.82) is 0 Å². The molecule has 122 valence electrons. The second kappa shape index (κ2) is 6.61. The maximum Gasteiger partial charge on any atom is 0.236 e. The Labute approximate surface area is 125 Å². The van der Waals surface area contributed by atoms with E-state index in [1.807, 2.05) is 13.8 Å². The van der Waals surface area contributed by atoms with Gasteiger partial charge >= 0.3 is 0 Å². The summed E-state index contributed by atoms with van der Waals surface area (Å²) < 4.78 is 24.3. The van der Waals surface area contributed by atoms with Gasteiger partial charge in [0.2, 0.25) is 15.9 Å². The fourth-order valence-corrected chi connectivity index (χ4v) is 3.47. The third-order valence-corrected chi connectivity index (χ3v) is 5.51. The number of hydrogen-bond acceptors (Lipinski definition) is 5. The van der Waals surface area contributed by atoms with Gasteiger partial charge in [-0.2, -0.15) is 4.31 Å². The third-order valence-electron chi connectivity index (χ3n) is 4.21. The van der Waals surface area contributed by atoms with Gasteiger partial charge in [0.25, 0.3) is 0 Å². The van der Waals surface area contributed by atoms with Gasteiger partial charge in [0.05, 0.1) is 6.26 Å². The van der Waals surface area contributed by atoms with E-state index in [4.69, 9.17) is 10.9 Å². The van der Waals surface area contributed by atoms with Gasteiger partial charge in [-0.05, 0) is 12.8 Å². The molecule has 1 aliphatic rings. The number of nitrogens with two attached hydrogens (primary N) is 1. The molecule has 0 unspecified atom stereocenters. The second-order valence-electron chi connectivity index (χ2n) is 5.23. The van der Waals surface area contributed by atoms with Crippen molar-refractivity contribution in [3.63, 3.8) is 0 Å². The van der Waals surface area contributed by atoms with Crippen molar-refractivity contribution in [1.82, 2.24) is 9.21 Å². The van der Waals surface area contributed by atoms with Crippen LogP contribution in [0.2, 0.25) is 0 Å². The lowest BCUT2D eigenvalue weighted by Crippen LogP contribution is -2.57. The van der Waals surface area contributed by atoms with Crippen LogP contribution < -0.4 is 5.73 Å². The van der Waals surface area contributed by atoms with Crippen LogP contribution in [0.1, 0.15) is 26.7 Å². The molecule has 0 bridgehead atoms. The molecule has 1 fully saturated rings. The lowest BCUT2D eigenvalue weighted by atomic mass is 9.79. The van der Waals surface area contributed by atoms with Crippen LogP contribution in [0.25, 0.3) is 0 Å². The number of carbonyl (C=O) groups excluding carboxylic acids is 1. The number of rotatable bonds is 5. The Hall–Kier alpha value is -1.35. The van der Waals surface area contributed by atoms with Gasteiger partial charge in [0.1, 0.15) is 5.41 Å². The lowest BCUT2D eigenvalue weighted by Gasteiger charge is -2.39. The van der Waals surface area contributed by atoms with Crippen molar-refractivity contribution in [2.45, 2.75) is 26.7 Å². The number of piperazine rings is 1. The number of sulfonamides is 1. The maximum atomic E-state index is 12.7. The van der Waals surface area contributed by atoms with E-state index in [1.165, 1.54) is 4.31 Å². The van der Waals surface area contributed by atoms with E-state index in [-0.39, 0.29) is 24.8 Å². The molecule has 0 saturated carbocycles. The Kier molecular flexibility index (Phi) is 5.57. The van der Waals surface area contributed by atoms with Gasteiger partial charge in [0.15, 0.2) is 5.84 Å². The number of amides is 1. The Morgan fingerprint density at radius 3 is 2.05 bits per heavy atom. The Bertz CT molecular complexity index is 505. The minimum atomic E-state index is -3.24. The minimum Gasteiger partial charge on any atom is -0.409 e. The third kappa shape index (κ3) is 3.46. The lowest BCUT2D eigenvalue weighted by molar-refractivity contribution is -0.140. The predicted octanol–water partition coefficient (Wildman–Crippen LogP) is -0.357. The van der Waals surface area contributed by atoms with Crippen molar-refractivity contribution in [3.05, 3.63) is 0 Å². The first-order valence-electron chi connectivity index (χ1n) is 6.95. The number of amidine groups is 1. The summed E-state index contributed by atoms with van der Waals surface area (Å²) >= 11 is 0. The molecule has 0 radical (unpaired) electrons. The van der Waals surface area contributed by atoms with Crippen molar-refractivity contribution in [3.8, 4) is 0 Å². The predicted molar refractivity (Wildman–Crippen MR) is 79.4 cm³/mol. The van der Waals surface area contributed by atoms with Crippen LogP contribution in [0.15, 0.2) is 5.16 Å². The Morgan fingerprint density at radius 1 is 1.24 bits per heavy atom. The molecule has 0 aromatic carbocycles. The van der Waals surface area contributed by atoms with Gasteiger partial charge < -0.3 is 15.8 Å². The minimum absolute atomic E-state index is 0.0944. The first-order valence-corrected chi connectivity index (χ1v) is 8.80. The van der Waals surface area contributed by atoms with Gasteiger partial charge in [-0.15, -0.1) is 0 Å². The Balaban J connectivity index is 2.90. The van der Waals surface area contributed by atoms with Gasteiger partial charge in [-0.25, -0.2) is 8.42 Å². The van der Waals surface area contributed by atoms with Crippen molar-refractivity contribution >= 4 is 21.8 Å². The van der Waals surface area contributed by atoms with Crippen LogP contribution in [-0.2, 0) is 14.8 Å². The van der Waals surface area contributed by atoms with E-state index in [2.05, 4.69) is 5.16 Å². The largest absolute Gasteiger partial charge is 0.409 e. The average molecular weight is 320 g/mol. The number of oxime groups is 1. The summed E-state index contributed by atoms with van der Waals surface area (Å²) in [7, 11) is -3.24. The molecule has 3 N–H and O–H groups in total. The van der Waals surface area contributed by atoms with Crippen LogP contribution in [-0.4, -0.2) is 67.0 Å². The van der Waals surface area contributed by atoms with Crippen LogP contribution in [0.5, 0.6) is 0 Å². The summed E-state index contributed by atoms with van der Waals surface area (Å²) in [6.07, 6.45) is 2.00. The molecule has 1 saturated heterocycles. The van der Waals surface area contributed by atoms with E-state index >= 15 is 0 Å². The van der Waals surface area contributed by atoms with Crippen molar-refractivity contribution in [2.24, 2.45) is 16.3 Å². The highest BCUT2D eigenvalue weighted by Gasteiger charge is 2.43. The fraction of sp³-hybridized carbons (Fsp3) is 0.833. The Morgan fingerprint density at radius 2 is 1.71 bits per heavy atom. The number of nitrogens with zero attached hydrogens (tertiary/aromatic N) is 3. The van der Waals surface area contributed by atoms with E-state index < -0.39 is 15.4 Å². The molecule has 1 rings (SSSR count). The van der Waals surface area contributed by atoms with Crippen LogP contribution in [0, 0.1) is 5.41 Å². The topological polar surface area (TPSA) is 116 Å². The van der Waals surface area contributed by atoms with E-state index in [1.54, 1.807) is 4.90 Å². The molecular weight excluding hydrogens is 296 g/mol. The zero-order valence-electron chi connectivity index (χ0n) is 12.7. The molecular formula is C12H24N4O4S. The zero-order valence-corrected chi connectivity index (χ0v) is 13.6. The molecule has 0 atom stereocenters. The molecule has 8 nitrogen and oxygen atoms in total. The smallest absolute Gasteiger partial charge is 0.236 e. The molecule has 9 heteroatoms. The van der Waals surface area contributed by atoms with Crippen LogP contribution >= 0.6 is 0 Å². The fourth-order valence-electron chi connectivity index (χ4n) is 2.65. The highest BCUT2D eigenvalue weighted by Crippen LogP contribution is 2.30. The van der Waals surface area contributed by atoms with E-state index in [9.17, 15) is 13.2 Å². The van der Waals surface area contributed by atoms with Gasteiger partial charge in [-0.3, -0.25) is 4.79 Å². The summed E-state index contributed by atoms with van der Waals surface area (Å²) in [5.74, 6) is -0.306. The molecule has 0 aromatic rings. The average Bonchev–Trinajstić information content (AvgIpc) is 2.47. The molecule has 21 heavy (non-hydrogen) atoms. The number of carbonyl (C=O) groups is 1. The molecule has 0 aliphatic carbocycles. The zero-order chi connectivity index (χ0) is 16.3. The van der Waals surface area contributed by atoms with Crippen molar-refractivity contribution < 1.29 is 18.4 Å². The highest BCUT2D eigenvalue weighted by molar-refractivity contribution is 7.88. The second-order valence-corrected chi connectivity index (χ2v) is 7.21. The number of hydrogen-bond donors (Lipinski definition) is 2. The van der Waals surface area contributed by atoms with Crippen molar-refractivity contribution in [2.75, 3.05) is 32.4 Å². The molecule has 1 amide bonds. The summed E-state index contributed by atoms with van der Waals surface area (Å²) in [4.78, 5) is 14.3. The SMILES string of the molecule is CCC(CC)(C(=O)N1CCN(S(C)(=O)=O)CC1)C(N)=NO. The van der Waals surface area contributed by atoms with Crippen LogP contribution in [0.3, 0.4) is 0 Å². The van der Waals surface area contributed by atoms with Crippen LogP contribution in [0.4, 0.5) is 0 Å².